The van der Waals surface area contributed by atoms with Crippen LogP contribution in [0, 0.1) is 0 Å². The topological polar surface area (TPSA) is 98.8 Å². The normalized spacial score (nSPS) is 17.9. The average molecular weight is 289 g/mol. The fourth-order valence-electron chi connectivity index (χ4n) is 2.53. The standard InChI is InChI=1S/C13H19N7O/c1-4-14-12-17-9-8(7-16-19-9)10(18-12)20-6-5-15-11(21)13(20,2)3/h7H,4-6H2,1-3H3,(H,15,21)(H2,14,16,17,18,19). The highest BCUT2D eigenvalue weighted by molar-refractivity contribution is 5.95. The number of carbonyl (C=O) groups excluding carboxylic acids is 1. The van der Waals surface area contributed by atoms with Gasteiger partial charge in [0.2, 0.25) is 11.9 Å². The van der Waals surface area contributed by atoms with Gasteiger partial charge >= 0.3 is 0 Å². The smallest absolute Gasteiger partial charge is 0.245 e. The molecule has 0 aliphatic carbocycles. The van der Waals surface area contributed by atoms with Gasteiger partial charge in [0.05, 0.1) is 11.6 Å². The molecule has 3 heterocycles. The molecular weight excluding hydrogens is 270 g/mol. The van der Waals surface area contributed by atoms with E-state index in [1.807, 2.05) is 25.7 Å². The van der Waals surface area contributed by atoms with Crippen molar-refractivity contribution in [3.63, 3.8) is 0 Å². The van der Waals surface area contributed by atoms with E-state index in [1.165, 1.54) is 0 Å². The number of carbonyl (C=O) groups is 1. The lowest BCUT2D eigenvalue weighted by Gasteiger charge is -2.42. The molecule has 1 fully saturated rings. The lowest BCUT2D eigenvalue weighted by molar-refractivity contribution is -0.126. The highest BCUT2D eigenvalue weighted by Crippen LogP contribution is 2.30. The van der Waals surface area contributed by atoms with Crippen molar-refractivity contribution < 1.29 is 4.79 Å². The summed E-state index contributed by atoms with van der Waals surface area (Å²) < 4.78 is 0. The van der Waals surface area contributed by atoms with Gasteiger partial charge in [0.15, 0.2) is 5.65 Å². The second kappa shape index (κ2) is 4.87. The minimum Gasteiger partial charge on any atom is -0.354 e. The fourth-order valence-corrected chi connectivity index (χ4v) is 2.53. The number of anilines is 2. The third-order valence-corrected chi connectivity index (χ3v) is 3.73. The van der Waals surface area contributed by atoms with Crippen LogP contribution in [0.3, 0.4) is 0 Å². The number of piperazine rings is 1. The Labute approximate surface area is 122 Å². The Morgan fingerprint density at radius 2 is 2.24 bits per heavy atom. The Morgan fingerprint density at radius 3 is 3.00 bits per heavy atom. The predicted molar refractivity (Wildman–Crippen MR) is 80.3 cm³/mol. The number of hydrogen-bond acceptors (Lipinski definition) is 6. The van der Waals surface area contributed by atoms with Gasteiger partial charge in [0, 0.05) is 19.6 Å². The van der Waals surface area contributed by atoms with Crippen molar-refractivity contribution in [1.29, 1.82) is 0 Å². The van der Waals surface area contributed by atoms with Gasteiger partial charge in [-0.05, 0) is 20.8 Å². The highest BCUT2D eigenvalue weighted by Gasteiger charge is 2.39. The SMILES string of the molecule is CCNc1nc(N2CCNC(=O)C2(C)C)c2cn[nH]c2n1. The second-order valence-electron chi connectivity index (χ2n) is 5.50. The zero-order valence-electron chi connectivity index (χ0n) is 12.4. The first-order valence-corrected chi connectivity index (χ1v) is 7.05. The van der Waals surface area contributed by atoms with Crippen LogP contribution in [0.2, 0.25) is 0 Å². The lowest BCUT2D eigenvalue weighted by atomic mass is 9.98. The highest BCUT2D eigenvalue weighted by atomic mass is 16.2. The number of aromatic nitrogens is 4. The van der Waals surface area contributed by atoms with E-state index in [0.717, 1.165) is 17.7 Å². The number of nitrogens with one attached hydrogen (secondary N) is 3. The van der Waals surface area contributed by atoms with Crippen LogP contribution in [0.1, 0.15) is 20.8 Å². The summed E-state index contributed by atoms with van der Waals surface area (Å²) in [6.45, 7) is 7.79. The van der Waals surface area contributed by atoms with E-state index in [-0.39, 0.29) is 5.91 Å². The Kier molecular flexibility index (Phi) is 3.15. The first-order chi connectivity index (χ1) is 10.0. The molecule has 1 saturated heterocycles. The summed E-state index contributed by atoms with van der Waals surface area (Å²) in [6.07, 6.45) is 1.70. The second-order valence-corrected chi connectivity index (χ2v) is 5.50. The molecule has 3 rings (SSSR count). The minimum absolute atomic E-state index is 0.00555. The minimum atomic E-state index is -0.666. The summed E-state index contributed by atoms with van der Waals surface area (Å²) >= 11 is 0. The molecule has 3 N–H and O–H groups in total. The van der Waals surface area contributed by atoms with Gasteiger partial charge in [-0.25, -0.2) is 0 Å². The van der Waals surface area contributed by atoms with Crippen molar-refractivity contribution in [3.8, 4) is 0 Å². The van der Waals surface area contributed by atoms with Crippen LogP contribution in [0.4, 0.5) is 11.8 Å². The third-order valence-electron chi connectivity index (χ3n) is 3.73. The molecule has 8 heteroatoms. The van der Waals surface area contributed by atoms with E-state index in [2.05, 4.69) is 30.8 Å². The molecule has 1 aliphatic heterocycles. The zero-order valence-corrected chi connectivity index (χ0v) is 12.4. The van der Waals surface area contributed by atoms with Crippen molar-refractivity contribution in [3.05, 3.63) is 6.20 Å². The van der Waals surface area contributed by atoms with Gasteiger partial charge in [-0.1, -0.05) is 0 Å². The summed E-state index contributed by atoms with van der Waals surface area (Å²) in [7, 11) is 0. The maximum atomic E-state index is 12.1. The number of aromatic amines is 1. The molecule has 2 aromatic rings. The van der Waals surface area contributed by atoms with Crippen LogP contribution in [0.5, 0.6) is 0 Å². The van der Waals surface area contributed by atoms with Crippen LogP contribution in [-0.2, 0) is 4.79 Å². The van der Waals surface area contributed by atoms with E-state index in [4.69, 9.17) is 0 Å². The molecular formula is C13H19N7O. The number of amides is 1. The quantitative estimate of drug-likeness (QED) is 0.761. The Balaban J connectivity index is 2.13. The van der Waals surface area contributed by atoms with Crippen molar-refractivity contribution in [2.75, 3.05) is 29.9 Å². The van der Waals surface area contributed by atoms with Gasteiger partial charge in [-0.2, -0.15) is 15.1 Å². The van der Waals surface area contributed by atoms with E-state index in [0.29, 0.717) is 24.7 Å². The van der Waals surface area contributed by atoms with E-state index in [1.54, 1.807) is 6.20 Å². The molecule has 21 heavy (non-hydrogen) atoms. The molecule has 2 aromatic heterocycles. The van der Waals surface area contributed by atoms with E-state index in [9.17, 15) is 4.79 Å². The van der Waals surface area contributed by atoms with Gasteiger partial charge in [0.1, 0.15) is 11.4 Å². The number of hydrogen-bond donors (Lipinski definition) is 3. The molecule has 0 saturated carbocycles. The lowest BCUT2D eigenvalue weighted by Crippen LogP contribution is -2.62. The third kappa shape index (κ3) is 2.16. The molecule has 0 unspecified atom stereocenters. The Hall–Kier alpha value is -2.38. The molecule has 1 aliphatic rings. The van der Waals surface area contributed by atoms with Crippen molar-refractivity contribution >= 4 is 28.7 Å². The zero-order chi connectivity index (χ0) is 15.0. The van der Waals surface area contributed by atoms with Crippen molar-refractivity contribution in [1.82, 2.24) is 25.5 Å². The number of rotatable bonds is 3. The summed E-state index contributed by atoms with van der Waals surface area (Å²) in [5.74, 6) is 1.25. The van der Waals surface area contributed by atoms with Gasteiger partial charge in [-0.3, -0.25) is 9.89 Å². The van der Waals surface area contributed by atoms with Crippen molar-refractivity contribution in [2.24, 2.45) is 0 Å². The van der Waals surface area contributed by atoms with Crippen LogP contribution in [0.15, 0.2) is 6.20 Å². The van der Waals surface area contributed by atoms with Crippen LogP contribution in [-0.4, -0.2) is 51.2 Å². The predicted octanol–water partition coefficient (Wildman–Crippen LogP) is 0.499. The fraction of sp³-hybridized carbons (Fsp3) is 0.538. The summed E-state index contributed by atoms with van der Waals surface area (Å²) in [4.78, 5) is 23.1. The largest absolute Gasteiger partial charge is 0.354 e. The molecule has 1 amide bonds. The van der Waals surface area contributed by atoms with Gasteiger partial charge in [0.25, 0.3) is 0 Å². The molecule has 8 nitrogen and oxygen atoms in total. The number of fused-ring (bicyclic) bond motifs is 1. The summed E-state index contributed by atoms with van der Waals surface area (Å²) in [5, 5.41) is 13.7. The first kappa shape index (κ1) is 13.6. The maximum absolute atomic E-state index is 12.1. The monoisotopic (exact) mass is 289 g/mol. The maximum Gasteiger partial charge on any atom is 0.245 e. The van der Waals surface area contributed by atoms with Crippen LogP contribution < -0.4 is 15.5 Å². The molecule has 0 bridgehead atoms. The summed E-state index contributed by atoms with van der Waals surface area (Å²) in [5.41, 5.74) is -0.00181. The van der Waals surface area contributed by atoms with Crippen LogP contribution >= 0.6 is 0 Å². The van der Waals surface area contributed by atoms with Gasteiger partial charge in [-0.15, -0.1) is 0 Å². The molecule has 0 aromatic carbocycles. The van der Waals surface area contributed by atoms with Gasteiger partial charge < -0.3 is 15.5 Å². The summed E-state index contributed by atoms with van der Waals surface area (Å²) in [6, 6.07) is 0. The number of H-pyrrole nitrogens is 1. The molecule has 0 atom stereocenters. The molecule has 0 radical (unpaired) electrons. The van der Waals surface area contributed by atoms with Crippen LogP contribution in [0.25, 0.3) is 11.0 Å². The number of nitrogens with zero attached hydrogens (tertiary/aromatic N) is 4. The average Bonchev–Trinajstić information content (AvgIpc) is 2.90. The molecule has 0 spiro atoms. The van der Waals surface area contributed by atoms with E-state index >= 15 is 0 Å². The van der Waals surface area contributed by atoms with Crippen molar-refractivity contribution in [2.45, 2.75) is 26.3 Å². The molecule has 112 valence electrons. The van der Waals surface area contributed by atoms with E-state index < -0.39 is 5.54 Å². The Morgan fingerprint density at radius 1 is 1.43 bits per heavy atom. The Bertz CT molecular complexity index is 678. The first-order valence-electron chi connectivity index (χ1n) is 7.05.